The van der Waals surface area contributed by atoms with Gasteiger partial charge in [0.05, 0.1) is 5.25 Å². The second kappa shape index (κ2) is 8.12. The van der Waals surface area contributed by atoms with E-state index in [-0.39, 0.29) is 5.91 Å². The van der Waals surface area contributed by atoms with Crippen LogP contribution in [0.2, 0.25) is 10.0 Å². The topological polar surface area (TPSA) is 70.7 Å². The van der Waals surface area contributed by atoms with Crippen molar-refractivity contribution in [2.75, 3.05) is 5.32 Å². The van der Waals surface area contributed by atoms with Crippen LogP contribution in [0.1, 0.15) is 12.5 Å². The lowest BCUT2D eigenvalue weighted by atomic mass is 10.1. The second-order valence-corrected chi connectivity index (χ2v) is 7.92. The van der Waals surface area contributed by atoms with Crippen molar-refractivity contribution in [1.29, 1.82) is 0 Å². The largest absolute Gasteiger partial charge is 0.325 e. The summed E-state index contributed by atoms with van der Waals surface area (Å²) in [6.07, 6.45) is 0. The number of nitrogens with one attached hydrogen (secondary N) is 2. The molecule has 3 aromatic rings. The van der Waals surface area contributed by atoms with Crippen molar-refractivity contribution in [3.63, 3.8) is 0 Å². The van der Waals surface area contributed by atoms with Crippen LogP contribution < -0.4 is 5.32 Å². The number of hydrogen-bond acceptors (Lipinski definition) is 4. The number of benzene rings is 2. The van der Waals surface area contributed by atoms with E-state index in [0.29, 0.717) is 26.7 Å². The number of rotatable bonds is 5. The minimum absolute atomic E-state index is 0.185. The molecular formula is C18H16Cl2N4OS. The normalized spacial score (nSPS) is 12.0. The molecule has 0 aliphatic rings. The summed E-state index contributed by atoms with van der Waals surface area (Å²) in [5.74, 6) is 0.483. The number of aryl methyl sites for hydroxylation is 1. The van der Waals surface area contributed by atoms with Crippen LogP contribution in [0.3, 0.4) is 0 Å². The monoisotopic (exact) mass is 406 g/mol. The zero-order valence-electron chi connectivity index (χ0n) is 14.1. The Morgan fingerprint density at radius 1 is 1.15 bits per heavy atom. The van der Waals surface area contributed by atoms with Gasteiger partial charge in [-0.3, -0.25) is 9.89 Å². The number of aromatic amines is 1. The minimum atomic E-state index is -0.394. The SMILES string of the molecule is Cc1ccc(-c2nc(S[C@@H](C)C(=O)Nc3cc(Cl)cc(Cl)c3)n[nH]2)cc1. The average Bonchev–Trinajstić information content (AvgIpc) is 3.03. The van der Waals surface area contributed by atoms with E-state index in [1.165, 1.54) is 17.3 Å². The first-order chi connectivity index (χ1) is 12.4. The molecule has 0 saturated carbocycles. The second-order valence-electron chi connectivity index (χ2n) is 5.74. The molecule has 1 atom stereocenters. The van der Waals surface area contributed by atoms with Crippen molar-refractivity contribution in [3.8, 4) is 11.4 Å². The Morgan fingerprint density at radius 3 is 2.46 bits per heavy atom. The lowest BCUT2D eigenvalue weighted by Gasteiger charge is -2.10. The van der Waals surface area contributed by atoms with Gasteiger partial charge in [-0.2, -0.15) is 0 Å². The molecule has 0 radical (unpaired) electrons. The molecule has 0 bridgehead atoms. The molecule has 0 unspecified atom stereocenters. The maximum atomic E-state index is 12.4. The Morgan fingerprint density at radius 2 is 1.81 bits per heavy atom. The first-order valence-corrected chi connectivity index (χ1v) is 9.47. The van der Waals surface area contributed by atoms with Gasteiger partial charge in [0.2, 0.25) is 11.1 Å². The van der Waals surface area contributed by atoms with Crippen molar-refractivity contribution in [2.45, 2.75) is 24.3 Å². The van der Waals surface area contributed by atoms with E-state index in [9.17, 15) is 4.79 Å². The highest BCUT2D eigenvalue weighted by Crippen LogP contribution is 2.26. The lowest BCUT2D eigenvalue weighted by molar-refractivity contribution is -0.115. The summed E-state index contributed by atoms with van der Waals surface area (Å²) in [4.78, 5) is 16.8. The van der Waals surface area contributed by atoms with Crippen molar-refractivity contribution in [1.82, 2.24) is 15.2 Å². The fourth-order valence-electron chi connectivity index (χ4n) is 2.22. The molecule has 8 heteroatoms. The molecule has 1 heterocycles. The first kappa shape index (κ1) is 18.8. The van der Waals surface area contributed by atoms with Gasteiger partial charge in [0.15, 0.2) is 5.82 Å². The molecule has 0 aliphatic carbocycles. The molecule has 3 rings (SSSR count). The number of carbonyl (C=O) groups is 1. The summed E-state index contributed by atoms with van der Waals surface area (Å²) in [6, 6.07) is 12.9. The van der Waals surface area contributed by atoms with Crippen molar-refractivity contribution >= 4 is 46.6 Å². The van der Waals surface area contributed by atoms with E-state index < -0.39 is 5.25 Å². The molecule has 2 N–H and O–H groups in total. The molecule has 2 aromatic carbocycles. The first-order valence-electron chi connectivity index (χ1n) is 7.84. The molecule has 1 amide bonds. The number of amides is 1. The number of aromatic nitrogens is 3. The zero-order chi connectivity index (χ0) is 18.7. The Hall–Kier alpha value is -2.02. The highest BCUT2D eigenvalue weighted by Gasteiger charge is 2.18. The Labute approximate surface area is 165 Å². The van der Waals surface area contributed by atoms with Gasteiger partial charge in [-0.25, -0.2) is 4.98 Å². The predicted octanol–water partition coefficient (Wildman–Crippen LogP) is 5.21. The molecular weight excluding hydrogens is 391 g/mol. The number of nitrogens with zero attached hydrogens (tertiary/aromatic N) is 2. The molecule has 0 aliphatic heterocycles. The number of halogens is 2. The fraction of sp³-hybridized carbons (Fsp3) is 0.167. The van der Waals surface area contributed by atoms with Crippen molar-refractivity contribution in [2.24, 2.45) is 0 Å². The average molecular weight is 407 g/mol. The van der Waals surface area contributed by atoms with Crippen LogP contribution in [-0.2, 0) is 4.79 Å². The van der Waals surface area contributed by atoms with E-state index in [1.54, 1.807) is 25.1 Å². The third-order valence-electron chi connectivity index (χ3n) is 3.57. The fourth-order valence-corrected chi connectivity index (χ4v) is 3.47. The maximum absolute atomic E-state index is 12.4. The Bertz CT molecular complexity index is 907. The summed E-state index contributed by atoms with van der Waals surface area (Å²) < 4.78 is 0. The number of thioether (sulfide) groups is 1. The molecule has 134 valence electrons. The zero-order valence-corrected chi connectivity index (χ0v) is 16.4. The van der Waals surface area contributed by atoms with Crippen molar-refractivity contribution < 1.29 is 4.79 Å². The molecule has 0 spiro atoms. The van der Waals surface area contributed by atoms with Crippen LogP contribution in [0.4, 0.5) is 5.69 Å². The van der Waals surface area contributed by atoms with E-state index in [0.717, 1.165) is 5.56 Å². The molecule has 0 fully saturated rings. The van der Waals surface area contributed by atoms with E-state index >= 15 is 0 Å². The molecule has 0 saturated heterocycles. The maximum Gasteiger partial charge on any atom is 0.237 e. The molecule has 5 nitrogen and oxygen atoms in total. The van der Waals surface area contributed by atoms with Crippen LogP contribution in [-0.4, -0.2) is 26.3 Å². The predicted molar refractivity (Wildman–Crippen MR) is 107 cm³/mol. The molecule has 26 heavy (non-hydrogen) atoms. The summed E-state index contributed by atoms with van der Waals surface area (Å²) in [7, 11) is 0. The summed E-state index contributed by atoms with van der Waals surface area (Å²) in [5, 5.41) is 10.9. The van der Waals surface area contributed by atoms with Gasteiger partial charge in [-0.15, -0.1) is 5.10 Å². The number of anilines is 1. The third kappa shape index (κ3) is 4.78. The van der Waals surface area contributed by atoms with Gasteiger partial charge in [0, 0.05) is 21.3 Å². The minimum Gasteiger partial charge on any atom is -0.325 e. The highest BCUT2D eigenvalue weighted by atomic mass is 35.5. The Kier molecular flexibility index (Phi) is 5.86. The summed E-state index contributed by atoms with van der Waals surface area (Å²) in [5.41, 5.74) is 2.67. The van der Waals surface area contributed by atoms with Gasteiger partial charge in [0.1, 0.15) is 0 Å². The van der Waals surface area contributed by atoms with Crippen LogP contribution in [0.15, 0.2) is 47.6 Å². The Balaban J connectivity index is 1.65. The van der Waals surface area contributed by atoms with Gasteiger partial charge in [-0.1, -0.05) is 64.8 Å². The van der Waals surface area contributed by atoms with Crippen molar-refractivity contribution in [3.05, 3.63) is 58.1 Å². The third-order valence-corrected chi connectivity index (χ3v) is 4.97. The summed E-state index contributed by atoms with van der Waals surface area (Å²) >= 11 is 13.2. The summed E-state index contributed by atoms with van der Waals surface area (Å²) in [6.45, 7) is 3.81. The number of H-pyrrole nitrogens is 1. The van der Waals surface area contributed by atoms with E-state index in [4.69, 9.17) is 23.2 Å². The van der Waals surface area contributed by atoms with Crippen LogP contribution in [0, 0.1) is 6.92 Å². The standard InChI is InChI=1S/C18H16Cl2N4OS/c1-10-3-5-12(6-4-10)16-22-18(24-23-16)26-11(2)17(25)21-15-8-13(19)7-14(20)9-15/h3-9,11H,1-2H3,(H,21,25)(H,22,23,24)/t11-/m0/s1. The van der Waals surface area contributed by atoms with Gasteiger partial charge in [0.25, 0.3) is 0 Å². The quantitative estimate of drug-likeness (QED) is 0.570. The van der Waals surface area contributed by atoms with Gasteiger partial charge in [-0.05, 0) is 32.0 Å². The molecule has 1 aromatic heterocycles. The van der Waals surface area contributed by atoms with Crippen LogP contribution >= 0.6 is 35.0 Å². The van der Waals surface area contributed by atoms with E-state index in [2.05, 4.69) is 20.5 Å². The van der Waals surface area contributed by atoms with Gasteiger partial charge >= 0.3 is 0 Å². The smallest absolute Gasteiger partial charge is 0.237 e. The highest BCUT2D eigenvalue weighted by molar-refractivity contribution is 8.00. The van der Waals surface area contributed by atoms with Crippen LogP contribution in [0.5, 0.6) is 0 Å². The van der Waals surface area contributed by atoms with Crippen LogP contribution in [0.25, 0.3) is 11.4 Å². The number of carbonyl (C=O) groups excluding carboxylic acids is 1. The lowest BCUT2D eigenvalue weighted by Crippen LogP contribution is -2.22. The van der Waals surface area contributed by atoms with Gasteiger partial charge < -0.3 is 5.32 Å². The van der Waals surface area contributed by atoms with E-state index in [1.807, 2.05) is 31.2 Å². The number of hydrogen-bond donors (Lipinski definition) is 2.